The first-order valence-electron chi connectivity index (χ1n) is 12.8. The first-order chi connectivity index (χ1) is 15.1. The number of anilines is 1. The predicted molar refractivity (Wildman–Crippen MR) is 131 cm³/mol. The van der Waals surface area contributed by atoms with Crippen LogP contribution in [0.4, 0.5) is 5.69 Å². The van der Waals surface area contributed by atoms with Crippen LogP contribution in [0.25, 0.3) is 0 Å². The highest BCUT2D eigenvalue weighted by Crippen LogP contribution is 2.68. The second-order valence-electron chi connectivity index (χ2n) is 12.1. The van der Waals surface area contributed by atoms with E-state index in [0.29, 0.717) is 29.5 Å². The SMILES string of the molecule is CC(=O)[C@H]1[C@H](c2ccc(N(C)C)cc2)C[C@H]2[C@@H]3CC=C4C[C@@H](O)CC[C@]4(C)[C@H]3CC[C@@]21C. The second-order valence-corrected chi connectivity index (χ2v) is 12.1. The zero-order valence-electron chi connectivity index (χ0n) is 20.6. The zero-order valence-corrected chi connectivity index (χ0v) is 20.6. The summed E-state index contributed by atoms with van der Waals surface area (Å²) in [7, 11) is 4.16. The summed E-state index contributed by atoms with van der Waals surface area (Å²) in [5.74, 6) is 2.83. The number of hydrogen-bond donors (Lipinski definition) is 1. The van der Waals surface area contributed by atoms with Gasteiger partial charge in [-0.25, -0.2) is 0 Å². The number of hydrogen-bond acceptors (Lipinski definition) is 3. The summed E-state index contributed by atoms with van der Waals surface area (Å²) >= 11 is 0. The van der Waals surface area contributed by atoms with Crippen LogP contribution in [-0.4, -0.2) is 31.1 Å². The number of rotatable bonds is 3. The molecule has 3 saturated carbocycles. The van der Waals surface area contributed by atoms with E-state index in [9.17, 15) is 9.90 Å². The normalized spacial score (nSPS) is 43.0. The van der Waals surface area contributed by atoms with E-state index in [2.05, 4.69) is 63.2 Å². The molecule has 32 heavy (non-hydrogen) atoms. The maximum Gasteiger partial charge on any atom is 0.134 e. The van der Waals surface area contributed by atoms with E-state index in [4.69, 9.17) is 0 Å². The van der Waals surface area contributed by atoms with Crippen LogP contribution in [0.15, 0.2) is 35.9 Å². The number of ketones is 1. The Balaban J connectivity index is 1.49. The van der Waals surface area contributed by atoms with E-state index in [1.54, 1.807) is 0 Å². The minimum atomic E-state index is -0.150. The first kappa shape index (κ1) is 22.2. The lowest BCUT2D eigenvalue weighted by Gasteiger charge is -2.57. The summed E-state index contributed by atoms with van der Waals surface area (Å²) < 4.78 is 0. The van der Waals surface area contributed by atoms with E-state index in [1.807, 2.05) is 6.92 Å². The largest absolute Gasteiger partial charge is 0.393 e. The number of Topliss-reactive ketones (excluding diaryl/α,β-unsaturated/α-hetero) is 1. The molecule has 3 fully saturated rings. The van der Waals surface area contributed by atoms with E-state index in [0.717, 1.165) is 32.1 Å². The third kappa shape index (κ3) is 3.22. The number of carbonyl (C=O) groups excluding carboxylic acids is 1. The van der Waals surface area contributed by atoms with Gasteiger partial charge in [0.25, 0.3) is 0 Å². The summed E-state index contributed by atoms with van der Waals surface area (Å²) in [4.78, 5) is 15.2. The number of nitrogens with zero attached hydrogens (tertiary/aromatic N) is 1. The van der Waals surface area contributed by atoms with Gasteiger partial charge in [0, 0.05) is 25.7 Å². The van der Waals surface area contributed by atoms with Crippen molar-refractivity contribution in [1.82, 2.24) is 0 Å². The Hall–Kier alpha value is -1.61. The van der Waals surface area contributed by atoms with Crippen LogP contribution in [-0.2, 0) is 4.79 Å². The number of benzene rings is 1. The van der Waals surface area contributed by atoms with E-state index in [-0.39, 0.29) is 22.9 Å². The molecule has 0 aromatic heterocycles. The lowest BCUT2D eigenvalue weighted by atomic mass is 9.47. The summed E-state index contributed by atoms with van der Waals surface area (Å²) in [6, 6.07) is 8.97. The van der Waals surface area contributed by atoms with Gasteiger partial charge in [0.2, 0.25) is 0 Å². The third-order valence-electron chi connectivity index (χ3n) is 10.4. The molecule has 0 aliphatic heterocycles. The fourth-order valence-corrected chi connectivity index (χ4v) is 8.78. The van der Waals surface area contributed by atoms with Gasteiger partial charge >= 0.3 is 0 Å². The van der Waals surface area contributed by atoms with Crippen LogP contribution in [0.3, 0.4) is 0 Å². The van der Waals surface area contributed by atoms with Crippen molar-refractivity contribution < 1.29 is 9.90 Å². The van der Waals surface area contributed by atoms with Gasteiger partial charge < -0.3 is 10.0 Å². The highest BCUT2D eigenvalue weighted by atomic mass is 16.3. The van der Waals surface area contributed by atoms with E-state index < -0.39 is 0 Å². The van der Waals surface area contributed by atoms with Gasteiger partial charge in [-0.1, -0.05) is 37.6 Å². The molecule has 0 saturated heterocycles. The molecule has 0 amide bonds. The fourth-order valence-electron chi connectivity index (χ4n) is 8.78. The Kier molecular flexibility index (Phi) is 5.36. The molecule has 3 nitrogen and oxygen atoms in total. The highest BCUT2D eigenvalue weighted by Gasteiger charge is 2.62. The minimum absolute atomic E-state index is 0.105. The molecule has 1 N–H and O–H groups in total. The van der Waals surface area contributed by atoms with Gasteiger partial charge in [-0.3, -0.25) is 4.79 Å². The van der Waals surface area contributed by atoms with Crippen LogP contribution in [0.5, 0.6) is 0 Å². The molecule has 4 aliphatic rings. The maximum absolute atomic E-state index is 13.1. The molecule has 8 atom stereocenters. The van der Waals surface area contributed by atoms with E-state index in [1.165, 1.54) is 29.7 Å². The standard InChI is InChI=1S/C29H41NO2/c1-18(31)27-24(19-6-9-21(10-7-19)30(4)5)17-26-23-11-8-20-16-22(32)12-14-28(20,2)25(23)13-15-29(26,27)3/h6-10,22-27,32H,11-17H2,1-5H3/t22-,23+,24-,25-,26-,27-,28-,29-/m0/s1. The van der Waals surface area contributed by atoms with Crippen molar-refractivity contribution >= 4 is 11.5 Å². The summed E-state index contributed by atoms with van der Waals surface area (Å²) in [6.07, 6.45) is 9.97. The van der Waals surface area contributed by atoms with Gasteiger partial charge in [-0.15, -0.1) is 0 Å². The van der Waals surface area contributed by atoms with Crippen molar-refractivity contribution in [2.75, 3.05) is 19.0 Å². The smallest absolute Gasteiger partial charge is 0.134 e. The van der Waals surface area contributed by atoms with Crippen molar-refractivity contribution in [2.24, 2.45) is 34.5 Å². The van der Waals surface area contributed by atoms with Crippen molar-refractivity contribution in [3.05, 3.63) is 41.5 Å². The topological polar surface area (TPSA) is 40.5 Å². The van der Waals surface area contributed by atoms with Crippen LogP contribution in [0.2, 0.25) is 0 Å². The van der Waals surface area contributed by atoms with Crippen LogP contribution in [0, 0.1) is 34.5 Å². The quantitative estimate of drug-likeness (QED) is 0.594. The Morgan fingerprint density at radius 1 is 1.06 bits per heavy atom. The molecular weight excluding hydrogens is 394 g/mol. The lowest BCUT2D eigenvalue weighted by molar-refractivity contribution is -0.128. The Morgan fingerprint density at radius 2 is 1.78 bits per heavy atom. The van der Waals surface area contributed by atoms with Gasteiger partial charge in [0.05, 0.1) is 6.10 Å². The Bertz CT molecular complexity index is 918. The molecule has 0 radical (unpaired) electrons. The van der Waals surface area contributed by atoms with Gasteiger partial charge in [0.1, 0.15) is 5.78 Å². The highest BCUT2D eigenvalue weighted by molar-refractivity contribution is 5.81. The second kappa shape index (κ2) is 7.72. The lowest BCUT2D eigenvalue weighted by Crippen LogP contribution is -2.51. The van der Waals surface area contributed by atoms with Crippen molar-refractivity contribution in [1.29, 1.82) is 0 Å². The fraction of sp³-hybridized carbons (Fsp3) is 0.690. The minimum Gasteiger partial charge on any atom is -0.393 e. The van der Waals surface area contributed by atoms with E-state index >= 15 is 0 Å². The molecule has 0 spiro atoms. The number of aliphatic hydroxyl groups is 1. The molecule has 0 bridgehead atoms. The Morgan fingerprint density at radius 3 is 2.44 bits per heavy atom. The summed E-state index contributed by atoms with van der Waals surface area (Å²) in [6.45, 7) is 6.77. The molecule has 4 aliphatic carbocycles. The Labute approximate surface area is 194 Å². The molecule has 3 heteroatoms. The molecule has 1 aromatic carbocycles. The molecule has 1 aromatic rings. The summed E-state index contributed by atoms with van der Waals surface area (Å²) in [5, 5.41) is 10.3. The molecule has 0 heterocycles. The molecule has 5 rings (SSSR count). The van der Waals surface area contributed by atoms with Crippen molar-refractivity contribution in [2.45, 2.75) is 77.7 Å². The average molecular weight is 436 g/mol. The third-order valence-corrected chi connectivity index (χ3v) is 10.4. The zero-order chi connectivity index (χ0) is 22.8. The number of allylic oxidation sites excluding steroid dienone is 1. The van der Waals surface area contributed by atoms with Gasteiger partial charge in [0.15, 0.2) is 0 Å². The number of fused-ring (bicyclic) bond motifs is 5. The van der Waals surface area contributed by atoms with Crippen LogP contribution < -0.4 is 4.90 Å². The van der Waals surface area contributed by atoms with Gasteiger partial charge in [-0.05, 0) is 104 Å². The average Bonchev–Trinajstić information content (AvgIpc) is 3.07. The first-order valence-corrected chi connectivity index (χ1v) is 12.8. The number of carbonyl (C=O) groups is 1. The molecule has 174 valence electrons. The van der Waals surface area contributed by atoms with Crippen molar-refractivity contribution in [3.8, 4) is 0 Å². The van der Waals surface area contributed by atoms with Crippen LogP contribution >= 0.6 is 0 Å². The predicted octanol–water partition coefficient (Wildman–Crippen LogP) is 5.98. The monoisotopic (exact) mass is 435 g/mol. The van der Waals surface area contributed by atoms with Gasteiger partial charge in [-0.2, -0.15) is 0 Å². The molecule has 0 unspecified atom stereocenters. The van der Waals surface area contributed by atoms with Crippen molar-refractivity contribution in [3.63, 3.8) is 0 Å². The van der Waals surface area contributed by atoms with Crippen LogP contribution in [0.1, 0.15) is 77.2 Å². The molecular formula is C29H41NO2. The summed E-state index contributed by atoms with van der Waals surface area (Å²) in [5.41, 5.74) is 4.45. The maximum atomic E-state index is 13.1. The number of aliphatic hydroxyl groups excluding tert-OH is 1.